The SMILES string of the molecule is CC/C=C\C/C=C\C/C=C\C/C=C\CCCCCCCCC(=O)OC(COC(=O)CCCCCCCCC/C=C\C/C=C\CCCCC)COP(=O)(O)OC1C(O)C(O)C(O)C(O)C1O. The van der Waals surface area contributed by atoms with Gasteiger partial charge in [0.1, 0.15) is 43.2 Å². The van der Waals surface area contributed by atoms with Gasteiger partial charge in [-0.15, -0.1) is 0 Å². The van der Waals surface area contributed by atoms with Crippen molar-refractivity contribution in [1.82, 2.24) is 0 Å². The van der Waals surface area contributed by atoms with Gasteiger partial charge < -0.3 is 39.9 Å². The minimum Gasteiger partial charge on any atom is -0.462 e. The quantitative estimate of drug-likeness (QED) is 0.0146. The molecule has 6 N–H and O–H groups in total. The van der Waals surface area contributed by atoms with Crippen LogP contribution in [0.2, 0.25) is 0 Å². The van der Waals surface area contributed by atoms with Crippen molar-refractivity contribution in [2.45, 2.75) is 224 Å². The first-order valence-electron chi connectivity index (χ1n) is 24.7. The lowest BCUT2D eigenvalue weighted by atomic mass is 9.85. The van der Waals surface area contributed by atoms with Gasteiger partial charge in [-0.2, -0.15) is 0 Å². The number of rotatable bonds is 40. The van der Waals surface area contributed by atoms with Crippen LogP contribution in [0.3, 0.4) is 0 Å². The first-order valence-corrected chi connectivity index (χ1v) is 26.2. The van der Waals surface area contributed by atoms with Crippen LogP contribution in [0.15, 0.2) is 72.9 Å². The van der Waals surface area contributed by atoms with E-state index in [1.54, 1.807) is 0 Å². The van der Waals surface area contributed by atoms with E-state index in [1.165, 1.54) is 19.3 Å². The van der Waals surface area contributed by atoms with Crippen LogP contribution in [0.4, 0.5) is 0 Å². The van der Waals surface area contributed by atoms with Crippen LogP contribution >= 0.6 is 7.82 Å². The summed E-state index contributed by atoms with van der Waals surface area (Å²) >= 11 is 0. The molecule has 1 rings (SSSR count). The van der Waals surface area contributed by atoms with E-state index in [4.69, 9.17) is 18.5 Å². The summed E-state index contributed by atoms with van der Waals surface area (Å²) in [5.41, 5.74) is 0. The van der Waals surface area contributed by atoms with Gasteiger partial charge in [0.25, 0.3) is 0 Å². The average molecular weight is 939 g/mol. The predicted molar refractivity (Wildman–Crippen MR) is 258 cm³/mol. The predicted octanol–water partition coefficient (Wildman–Crippen LogP) is 10.3. The number of aliphatic hydroxyl groups excluding tert-OH is 5. The van der Waals surface area contributed by atoms with Crippen molar-refractivity contribution in [3.8, 4) is 0 Å². The number of phosphoric acid groups is 1. The minimum absolute atomic E-state index is 0.0752. The number of hydrogen-bond acceptors (Lipinski definition) is 12. The zero-order valence-electron chi connectivity index (χ0n) is 39.8. The number of aliphatic hydroxyl groups is 5. The summed E-state index contributed by atoms with van der Waals surface area (Å²) in [5, 5.41) is 50.2. The van der Waals surface area contributed by atoms with Crippen LogP contribution in [0.25, 0.3) is 0 Å². The molecule has 14 heteroatoms. The Bertz CT molecular complexity index is 1410. The third-order valence-corrected chi connectivity index (χ3v) is 12.0. The number of hydrogen-bond donors (Lipinski definition) is 6. The highest BCUT2D eigenvalue weighted by Crippen LogP contribution is 2.47. The van der Waals surface area contributed by atoms with Gasteiger partial charge in [0.05, 0.1) is 6.61 Å². The number of carbonyl (C=O) groups excluding carboxylic acids is 2. The standard InChI is InChI=1S/C51H87O13P/c1-3-5-7-9-11-13-15-17-19-21-22-24-26-28-30-32-34-36-38-40-45(53)63-43(42-62-65(59,60)64-51-49(57)47(55)46(54)48(56)50(51)58)41-61-44(52)39-37-35-33-31-29-27-25-23-20-18-16-14-12-10-8-6-4-2/h5,7,11-14,17-20,22,24,43,46-51,54-58H,3-4,6,8-10,15-16,21,23,25-42H2,1-2H3,(H,59,60)/b7-5-,13-11-,14-12-,19-17-,20-18-,24-22-. The van der Waals surface area contributed by atoms with Gasteiger partial charge in [-0.05, 0) is 83.5 Å². The van der Waals surface area contributed by atoms with Crippen molar-refractivity contribution in [3.05, 3.63) is 72.9 Å². The summed E-state index contributed by atoms with van der Waals surface area (Å²) in [5.74, 6) is -1.13. The zero-order chi connectivity index (χ0) is 47.8. The second-order valence-corrected chi connectivity index (χ2v) is 18.3. The number of esters is 2. The van der Waals surface area contributed by atoms with Crippen molar-refractivity contribution in [2.75, 3.05) is 13.2 Å². The molecule has 374 valence electrons. The summed E-state index contributed by atoms with van der Waals surface area (Å²) < 4.78 is 33.6. The molecular formula is C51H87O13P. The average Bonchev–Trinajstić information content (AvgIpc) is 3.29. The molecule has 0 aromatic rings. The fourth-order valence-electron chi connectivity index (χ4n) is 7.07. The lowest BCUT2D eigenvalue weighted by Crippen LogP contribution is -2.64. The van der Waals surface area contributed by atoms with Crippen LogP contribution in [-0.2, 0) is 32.7 Å². The van der Waals surface area contributed by atoms with E-state index < -0.39 is 75.7 Å². The van der Waals surface area contributed by atoms with Crippen molar-refractivity contribution in [2.24, 2.45) is 0 Å². The molecule has 0 aromatic carbocycles. The molecule has 0 aliphatic heterocycles. The van der Waals surface area contributed by atoms with Gasteiger partial charge in [0.2, 0.25) is 0 Å². The van der Waals surface area contributed by atoms with E-state index in [0.717, 1.165) is 122 Å². The van der Waals surface area contributed by atoms with Crippen LogP contribution in [-0.4, -0.2) is 98.3 Å². The van der Waals surface area contributed by atoms with Crippen LogP contribution in [0.1, 0.15) is 181 Å². The first kappa shape index (κ1) is 60.3. The number of carbonyl (C=O) groups is 2. The van der Waals surface area contributed by atoms with Crippen LogP contribution in [0, 0.1) is 0 Å². The molecule has 0 aromatic heterocycles. The Balaban J connectivity index is 2.44. The summed E-state index contributed by atoms with van der Waals surface area (Å²) in [6.07, 6.45) is 38.0. The van der Waals surface area contributed by atoms with E-state index in [-0.39, 0.29) is 12.8 Å². The Morgan fingerprint density at radius 2 is 0.877 bits per heavy atom. The summed E-state index contributed by atoms with van der Waals surface area (Å²) in [7, 11) is -5.13. The van der Waals surface area contributed by atoms with Gasteiger partial charge >= 0.3 is 19.8 Å². The fraction of sp³-hybridized carbons (Fsp3) is 0.725. The Labute approximate surface area is 391 Å². The largest absolute Gasteiger partial charge is 0.472 e. The lowest BCUT2D eigenvalue weighted by molar-refractivity contribution is -0.220. The maximum atomic E-state index is 12.8. The van der Waals surface area contributed by atoms with Gasteiger partial charge in [-0.1, -0.05) is 157 Å². The molecule has 1 fully saturated rings. The molecule has 0 bridgehead atoms. The highest BCUT2D eigenvalue weighted by molar-refractivity contribution is 7.47. The van der Waals surface area contributed by atoms with Gasteiger partial charge in [-0.25, -0.2) is 4.57 Å². The molecule has 0 spiro atoms. The van der Waals surface area contributed by atoms with E-state index in [9.17, 15) is 44.6 Å². The van der Waals surface area contributed by atoms with Crippen molar-refractivity contribution < 1.29 is 63.1 Å². The van der Waals surface area contributed by atoms with Crippen molar-refractivity contribution >= 4 is 19.8 Å². The Hall–Kier alpha value is -2.71. The molecule has 0 saturated heterocycles. The summed E-state index contributed by atoms with van der Waals surface area (Å²) in [4.78, 5) is 35.8. The highest BCUT2D eigenvalue weighted by atomic mass is 31.2. The minimum atomic E-state index is -5.13. The molecule has 0 amide bonds. The third-order valence-electron chi connectivity index (χ3n) is 11.0. The van der Waals surface area contributed by atoms with E-state index in [1.807, 2.05) is 0 Å². The normalized spacial score (nSPS) is 22.0. The Morgan fingerprint density at radius 3 is 1.34 bits per heavy atom. The molecule has 65 heavy (non-hydrogen) atoms. The fourth-order valence-corrected chi connectivity index (χ4v) is 8.05. The van der Waals surface area contributed by atoms with E-state index in [0.29, 0.717) is 12.8 Å². The first-order chi connectivity index (χ1) is 31.4. The molecule has 0 heterocycles. The van der Waals surface area contributed by atoms with E-state index in [2.05, 4.69) is 86.8 Å². The third kappa shape index (κ3) is 32.6. The molecule has 1 aliphatic carbocycles. The van der Waals surface area contributed by atoms with Crippen molar-refractivity contribution in [1.29, 1.82) is 0 Å². The summed E-state index contributed by atoms with van der Waals surface area (Å²) in [6.45, 7) is 3.15. The maximum Gasteiger partial charge on any atom is 0.472 e. The van der Waals surface area contributed by atoms with Gasteiger partial charge in [-0.3, -0.25) is 18.6 Å². The lowest BCUT2D eigenvalue weighted by Gasteiger charge is -2.41. The zero-order valence-corrected chi connectivity index (χ0v) is 40.7. The molecule has 13 nitrogen and oxygen atoms in total. The molecular weight excluding hydrogens is 852 g/mol. The smallest absolute Gasteiger partial charge is 0.462 e. The van der Waals surface area contributed by atoms with Crippen molar-refractivity contribution in [3.63, 3.8) is 0 Å². The molecule has 1 aliphatic rings. The second-order valence-electron chi connectivity index (χ2n) is 16.9. The highest BCUT2D eigenvalue weighted by Gasteiger charge is 2.51. The topological polar surface area (TPSA) is 210 Å². The molecule has 1 saturated carbocycles. The second kappa shape index (κ2) is 40.4. The Kier molecular flexibility index (Phi) is 37.5. The van der Waals surface area contributed by atoms with Gasteiger partial charge in [0, 0.05) is 12.8 Å². The monoisotopic (exact) mass is 939 g/mol. The van der Waals surface area contributed by atoms with Crippen LogP contribution in [0.5, 0.6) is 0 Å². The summed E-state index contributed by atoms with van der Waals surface area (Å²) in [6, 6.07) is 0. The maximum absolute atomic E-state index is 12.8. The number of unbranched alkanes of at least 4 members (excludes halogenated alkanes) is 16. The number of ether oxygens (including phenoxy) is 2. The number of phosphoric ester groups is 1. The van der Waals surface area contributed by atoms with Crippen LogP contribution < -0.4 is 0 Å². The molecule has 0 radical (unpaired) electrons. The number of allylic oxidation sites excluding steroid dienone is 12. The van der Waals surface area contributed by atoms with E-state index >= 15 is 0 Å². The van der Waals surface area contributed by atoms with Gasteiger partial charge in [0.15, 0.2) is 6.10 Å². The molecule has 6 atom stereocenters. The molecule has 6 unspecified atom stereocenters. The Morgan fingerprint density at radius 1 is 0.492 bits per heavy atom.